The fraction of sp³-hybridized carbons (Fsp3) is 0.500. The van der Waals surface area contributed by atoms with E-state index in [4.69, 9.17) is 0 Å². The maximum Gasteiger partial charge on any atom is 0.173 e. The Bertz CT molecular complexity index is 438. The van der Waals surface area contributed by atoms with Crippen molar-refractivity contribution in [1.82, 2.24) is 5.32 Å². The first-order valence-corrected chi connectivity index (χ1v) is 5.96. The lowest BCUT2D eigenvalue weighted by molar-refractivity contribution is 0.0834. The molecule has 1 unspecified atom stereocenters. The van der Waals surface area contributed by atoms with Gasteiger partial charge in [-0.2, -0.15) is 0 Å². The van der Waals surface area contributed by atoms with Gasteiger partial charge >= 0.3 is 0 Å². The SMILES string of the molecule is Cc1cc(C)c(C(=O)C2(C)CCNC2)c(F)c1. The Morgan fingerprint density at radius 3 is 2.65 bits per heavy atom. The molecule has 0 saturated carbocycles. The standard InChI is InChI=1S/C14H18FNO/c1-9-6-10(2)12(11(15)7-9)13(17)14(3)4-5-16-8-14/h6-7,16H,4-5,8H2,1-3H3. The highest BCUT2D eigenvalue weighted by Gasteiger charge is 2.38. The van der Waals surface area contributed by atoms with Crippen LogP contribution in [0.1, 0.15) is 34.8 Å². The van der Waals surface area contributed by atoms with Crippen LogP contribution in [-0.2, 0) is 0 Å². The van der Waals surface area contributed by atoms with Crippen molar-refractivity contribution in [2.24, 2.45) is 5.41 Å². The van der Waals surface area contributed by atoms with E-state index in [1.54, 1.807) is 6.92 Å². The van der Waals surface area contributed by atoms with Gasteiger partial charge in [-0.15, -0.1) is 0 Å². The number of Topliss-reactive ketones (excluding diaryl/α,β-unsaturated/α-hetero) is 1. The second-order valence-corrected chi connectivity index (χ2v) is 5.26. The number of hydrogen-bond donors (Lipinski definition) is 1. The normalized spacial score (nSPS) is 24.0. The van der Waals surface area contributed by atoms with Gasteiger partial charge in [0.25, 0.3) is 0 Å². The molecule has 1 aliphatic heterocycles. The molecule has 2 nitrogen and oxygen atoms in total. The fourth-order valence-corrected chi connectivity index (χ4v) is 2.52. The van der Waals surface area contributed by atoms with E-state index in [1.165, 1.54) is 6.07 Å². The van der Waals surface area contributed by atoms with E-state index in [1.807, 2.05) is 19.9 Å². The highest BCUT2D eigenvalue weighted by Crippen LogP contribution is 2.31. The van der Waals surface area contributed by atoms with Gasteiger partial charge in [0, 0.05) is 12.0 Å². The van der Waals surface area contributed by atoms with Crippen molar-refractivity contribution in [3.63, 3.8) is 0 Å². The third-order valence-corrected chi connectivity index (χ3v) is 3.58. The summed E-state index contributed by atoms with van der Waals surface area (Å²) in [6, 6.07) is 3.30. The summed E-state index contributed by atoms with van der Waals surface area (Å²) in [5.41, 5.74) is 1.40. The van der Waals surface area contributed by atoms with E-state index in [0.29, 0.717) is 6.54 Å². The monoisotopic (exact) mass is 235 g/mol. The van der Waals surface area contributed by atoms with E-state index in [2.05, 4.69) is 5.32 Å². The van der Waals surface area contributed by atoms with Gasteiger partial charge in [0.05, 0.1) is 5.56 Å². The molecule has 1 aromatic carbocycles. The second kappa shape index (κ2) is 4.22. The van der Waals surface area contributed by atoms with E-state index in [9.17, 15) is 9.18 Å². The first-order chi connectivity index (χ1) is 7.94. The number of carbonyl (C=O) groups excluding carboxylic acids is 1. The van der Waals surface area contributed by atoms with E-state index in [-0.39, 0.29) is 17.2 Å². The first-order valence-electron chi connectivity index (χ1n) is 5.96. The summed E-state index contributed by atoms with van der Waals surface area (Å²) in [7, 11) is 0. The van der Waals surface area contributed by atoms with Crippen molar-refractivity contribution in [1.29, 1.82) is 0 Å². The smallest absolute Gasteiger partial charge is 0.173 e. The maximum atomic E-state index is 13.9. The van der Waals surface area contributed by atoms with Gasteiger partial charge in [-0.05, 0) is 44.0 Å². The highest BCUT2D eigenvalue weighted by atomic mass is 19.1. The fourth-order valence-electron chi connectivity index (χ4n) is 2.52. The van der Waals surface area contributed by atoms with Crippen molar-refractivity contribution >= 4 is 5.78 Å². The molecule has 3 heteroatoms. The van der Waals surface area contributed by atoms with Crippen LogP contribution in [0.2, 0.25) is 0 Å². The summed E-state index contributed by atoms with van der Waals surface area (Å²) in [6.45, 7) is 7.01. The number of nitrogens with one attached hydrogen (secondary N) is 1. The maximum absolute atomic E-state index is 13.9. The summed E-state index contributed by atoms with van der Waals surface area (Å²) in [5, 5.41) is 3.17. The van der Waals surface area contributed by atoms with Crippen LogP contribution in [0.5, 0.6) is 0 Å². The van der Waals surface area contributed by atoms with E-state index < -0.39 is 5.41 Å². The van der Waals surface area contributed by atoms with Crippen LogP contribution >= 0.6 is 0 Å². The van der Waals surface area contributed by atoms with Crippen LogP contribution in [0.25, 0.3) is 0 Å². The zero-order valence-electron chi connectivity index (χ0n) is 10.6. The predicted molar refractivity (Wildman–Crippen MR) is 65.8 cm³/mol. The summed E-state index contributed by atoms with van der Waals surface area (Å²) >= 11 is 0. The molecular weight excluding hydrogens is 217 g/mol. The molecule has 0 amide bonds. The minimum Gasteiger partial charge on any atom is -0.316 e. The Morgan fingerprint density at radius 1 is 1.41 bits per heavy atom. The summed E-state index contributed by atoms with van der Waals surface area (Å²) in [5.74, 6) is -0.460. The minimum atomic E-state index is -0.457. The van der Waals surface area contributed by atoms with Gasteiger partial charge in [-0.3, -0.25) is 4.79 Å². The molecule has 2 rings (SSSR count). The molecule has 0 radical (unpaired) electrons. The van der Waals surface area contributed by atoms with Crippen molar-refractivity contribution in [2.75, 3.05) is 13.1 Å². The quantitative estimate of drug-likeness (QED) is 0.798. The van der Waals surface area contributed by atoms with Crippen molar-refractivity contribution in [3.8, 4) is 0 Å². The molecule has 0 spiro atoms. The lowest BCUT2D eigenvalue weighted by Gasteiger charge is -2.22. The molecule has 1 saturated heterocycles. The Balaban J connectivity index is 2.44. The van der Waals surface area contributed by atoms with Crippen LogP contribution in [-0.4, -0.2) is 18.9 Å². The summed E-state index contributed by atoms with van der Waals surface area (Å²) < 4.78 is 13.9. The molecule has 1 aliphatic rings. The first kappa shape index (κ1) is 12.2. The average molecular weight is 235 g/mol. The van der Waals surface area contributed by atoms with Gasteiger partial charge in [-0.25, -0.2) is 4.39 Å². The number of rotatable bonds is 2. The van der Waals surface area contributed by atoms with E-state index in [0.717, 1.165) is 24.1 Å². The zero-order valence-corrected chi connectivity index (χ0v) is 10.6. The molecule has 0 aromatic heterocycles. The van der Waals surface area contributed by atoms with Gasteiger partial charge in [0.15, 0.2) is 5.78 Å². The molecule has 1 fully saturated rings. The van der Waals surface area contributed by atoms with Crippen LogP contribution in [0.3, 0.4) is 0 Å². The largest absolute Gasteiger partial charge is 0.316 e. The van der Waals surface area contributed by atoms with Crippen LogP contribution in [0.4, 0.5) is 4.39 Å². The van der Waals surface area contributed by atoms with Crippen molar-refractivity contribution < 1.29 is 9.18 Å². The lowest BCUT2D eigenvalue weighted by Crippen LogP contribution is -2.31. The third-order valence-electron chi connectivity index (χ3n) is 3.58. The Morgan fingerprint density at radius 2 is 2.12 bits per heavy atom. The molecule has 0 aliphatic carbocycles. The molecule has 17 heavy (non-hydrogen) atoms. The summed E-state index contributed by atoms with van der Waals surface area (Å²) in [4.78, 5) is 12.4. The lowest BCUT2D eigenvalue weighted by atomic mass is 9.80. The van der Waals surface area contributed by atoms with Gasteiger partial charge in [0.2, 0.25) is 0 Å². The number of hydrogen-bond acceptors (Lipinski definition) is 2. The third kappa shape index (κ3) is 2.12. The number of ketones is 1. The average Bonchev–Trinajstić information content (AvgIpc) is 2.64. The number of halogens is 1. The molecule has 0 bridgehead atoms. The number of aryl methyl sites for hydroxylation is 2. The number of carbonyl (C=O) groups is 1. The predicted octanol–water partition coefficient (Wildman–Crippen LogP) is 2.62. The van der Waals surface area contributed by atoms with Crippen LogP contribution < -0.4 is 5.32 Å². The molecule has 1 N–H and O–H groups in total. The van der Waals surface area contributed by atoms with Crippen LogP contribution in [0.15, 0.2) is 12.1 Å². The van der Waals surface area contributed by atoms with E-state index >= 15 is 0 Å². The Kier molecular flexibility index (Phi) is 3.04. The van der Waals surface area contributed by atoms with Crippen molar-refractivity contribution in [2.45, 2.75) is 27.2 Å². The van der Waals surface area contributed by atoms with Crippen molar-refractivity contribution in [3.05, 3.63) is 34.6 Å². The molecular formula is C14H18FNO. The van der Waals surface area contributed by atoms with Gasteiger partial charge in [0.1, 0.15) is 5.82 Å². The zero-order chi connectivity index (χ0) is 12.6. The number of benzene rings is 1. The molecule has 1 heterocycles. The molecule has 92 valence electrons. The van der Waals surface area contributed by atoms with Crippen LogP contribution in [0, 0.1) is 25.1 Å². The summed E-state index contributed by atoms with van der Waals surface area (Å²) in [6.07, 6.45) is 0.776. The topological polar surface area (TPSA) is 29.1 Å². The highest BCUT2D eigenvalue weighted by molar-refractivity contribution is 6.02. The van der Waals surface area contributed by atoms with Gasteiger partial charge in [-0.1, -0.05) is 13.0 Å². The molecule has 1 aromatic rings. The minimum absolute atomic E-state index is 0.0718. The second-order valence-electron chi connectivity index (χ2n) is 5.26. The molecule has 1 atom stereocenters. The Labute approximate surface area is 101 Å². The van der Waals surface area contributed by atoms with Gasteiger partial charge < -0.3 is 5.32 Å². The Hall–Kier alpha value is -1.22.